The van der Waals surface area contributed by atoms with Crippen LogP contribution >= 0.6 is 58.2 Å². The van der Waals surface area contributed by atoms with Gasteiger partial charge in [-0.15, -0.1) is 0 Å². The van der Waals surface area contributed by atoms with Crippen LogP contribution in [-0.4, -0.2) is 5.12 Å². The molecule has 0 aliphatic heterocycles. The van der Waals surface area contributed by atoms with E-state index in [1.165, 1.54) is 0 Å². The summed E-state index contributed by atoms with van der Waals surface area (Å²) in [6, 6.07) is 10.2. The molecule has 0 unspecified atom stereocenters. The molecule has 0 fully saturated rings. The molecule has 2 aromatic carbocycles. The zero-order chi connectivity index (χ0) is 14.7. The van der Waals surface area contributed by atoms with Crippen molar-refractivity contribution in [1.82, 2.24) is 0 Å². The molecule has 1 nitrogen and oxygen atoms in total. The third-order valence-corrected chi connectivity index (χ3v) is 4.83. The standard InChI is InChI=1S/C14H8Cl4OS/c15-9-5-4-8(6-12(9)18)7-20-14(19)13-10(16)2-1-3-11(13)17/h1-6H,7H2. The summed E-state index contributed by atoms with van der Waals surface area (Å²) in [4.78, 5) is 12.1. The summed E-state index contributed by atoms with van der Waals surface area (Å²) in [7, 11) is 0. The molecule has 0 N–H and O–H groups in total. The summed E-state index contributed by atoms with van der Waals surface area (Å²) in [6.45, 7) is 0. The third kappa shape index (κ3) is 3.84. The fourth-order valence-corrected chi connectivity index (χ4v) is 3.39. The monoisotopic (exact) mass is 364 g/mol. The fraction of sp³-hybridized carbons (Fsp3) is 0.0714. The first-order valence-electron chi connectivity index (χ1n) is 5.54. The minimum absolute atomic E-state index is 0.174. The maximum Gasteiger partial charge on any atom is 0.222 e. The Morgan fingerprint density at radius 2 is 1.55 bits per heavy atom. The number of hydrogen-bond acceptors (Lipinski definition) is 2. The summed E-state index contributed by atoms with van der Waals surface area (Å²) in [6.07, 6.45) is 0. The largest absolute Gasteiger partial charge is 0.281 e. The molecular formula is C14H8Cl4OS. The van der Waals surface area contributed by atoms with Gasteiger partial charge in [0, 0.05) is 5.75 Å². The average Bonchev–Trinajstić information content (AvgIpc) is 2.40. The average molecular weight is 366 g/mol. The van der Waals surface area contributed by atoms with Crippen LogP contribution in [0.5, 0.6) is 0 Å². The number of hydrogen-bond donors (Lipinski definition) is 0. The molecule has 0 heterocycles. The van der Waals surface area contributed by atoms with Crippen molar-refractivity contribution in [1.29, 1.82) is 0 Å². The Labute approximate surface area is 141 Å². The first kappa shape index (κ1) is 16.0. The zero-order valence-electron chi connectivity index (χ0n) is 10.00. The van der Waals surface area contributed by atoms with Crippen molar-refractivity contribution >= 4 is 63.3 Å². The van der Waals surface area contributed by atoms with E-state index in [1.807, 2.05) is 6.07 Å². The second-order valence-corrected chi connectivity index (χ2v) is 6.50. The van der Waals surface area contributed by atoms with Gasteiger partial charge < -0.3 is 0 Å². The Hall–Kier alpha value is -0.380. The maximum absolute atomic E-state index is 12.1. The van der Waals surface area contributed by atoms with Crippen LogP contribution in [0.1, 0.15) is 15.9 Å². The topological polar surface area (TPSA) is 17.1 Å². The van der Waals surface area contributed by atoms with Gasteiger partial charge in [-0.1, -0.05) is 70.3 Å². The van der Waals surface area contributed by atoms with E-state index < -0.39 is 0 Å². The molecule has 0 aliphatic carbocycles. The molecule has 104 valence electrons. The maximum atomic E-state index is 12.1. The number of halogens is 4. The van der Waals surface area contributed by atoms with E-state index in [4.69, 9.17) is 46.4 Å². The summed E-state index contributed by atoms with van der Waals surface area (Å²) in [5, 5.41) is 1.48. The third-order valence-electron chi connectivity index (χ3n) is 2.52. The molecule has 0 saturated heterocycles. The Bertz CT molecular complexity index is 637. The zero-order valence-corrected chi connectivity index (χ0v) is 13.8. The second-order valence-electron chi connectivity index (χ2n) is 3.92. The van der Waals surface area contributed by atoms with Crippen LogP contribution in [-0.2, 0) is 5.75 Å². The van der Waals surface area contributed by atoms with Crippen molar-refractivity contribution in [3.05, 3.63) is 67.6 Å². The lowest BCUT2D eigenvalue weighted by Gasteiger charge is -2.06. The summed E-state index contributed by atoms with van der Waals surface area (Å²) in [5.74, 6) is 0.470. The van der Waals surface area contributed by atoms with Crippen molar-refractivity contribution in [2.75, 3.05) is 0 Å². The van der Waals surface area contributed by atoms with Gasteiger partial charge in [-0.2, -0.15) is 0 Å². The van der Waals surface area contributed by atoms with E-state index in [0.717, 1.165) is 17.3 Å². The highest BCUT2D eigenvalue weighted by molar-refractivity contribution is 8.13. The highest BCUT2D eigenvalue weighted by Gasteiger charge is 2.15. The fourth-order valence-electron chi connectivity index (χ4n) is 1.54. The van der Waals surface area contributed by atoms with Gasteiger partial charge in [0.1, 0.15) is 0 Å². The molecule has 0 aliphatic rings. The molecule has 0 aromatic heterocycles. The Balaban J connectivity index is 2.11. The molecule has 0 spiro atoms. The van der Waals surface area contributed by atoms with E-state index in [-0.39, 0.29) is 5.12 Å². The van der Waals surface area contributed by atoms with Crippen LogP contribution < -0.4 is 0 Å². The summed E-state index contributed by atoms with van der Waals surface area (Å²) >= 11 is 24.9. The van der Waals surface area contributed by atoms with Crippen molar-refractivity contribution in [2.45, 2.75) is 5.75 Å². The summed E-state index contributed by atoms with van der Waals surface area (Å²) < 4.78 is 0. The molecule has 2 aromatic rings. The molecule has 0 radical (unpaired) electrons. The van der Waals surface area contributed by atoms with Crippen molar-refractivity contribution in [2.24, 2.45) is 0 Å². The quantitative estimate of drug-likeness (QED) is 0.628. The van der Waals surface area contributed by atoms with Gasteiger partial charge in [0.2, 0.25) is 5.12 Å². The van der Waals surface area contributed by atoms with Crippen molar-refractivity contribution in [3.8, 4) is 0 Å². The van der Waals surface area contributed by atoms with Crippen LogP contribution in [0.3, 0.4) is 0 Å². The first-order chi connectivity index (χ1) is 9.49. The van der Waals surface area contributed by atoms with E-state index in [9.17, 15) is 4.79 Å². The number of carbonyl (C=O) groups is 1. The van der Waals surface area contributed by atoms with E-state index in [0.29, 0.717) is 31.4 Å². The normalized spacial score (nSPS) is 10.6. The van der Waals surface area contributed by atoms with Gasteiger partial charge in [-0.05, 0) is 29.8 Å². The first-order valence-corrected chi connectivity index (χ1v) is 8.04. The lowest BCUT2D eigenvalue weighted by molar-refractivity contribution is 0.108. The highest BCUT2D eigenvalue weighted by atomic mass is 35.5. The Morgan fingerprint density at radius 3 is 2.15 bits per heavy atom. The van der Waals surface area contributed by atoms with Crippen LogP contribution in [0.4, 0.5) is 0 Å². The van der Waals surface area contributed by atoms with Crippen LogP contribution in [0.25, 0.3) is 0 Å². The molecule has 20 heavy (non-hydrogen) atoms. The molecule has 0 amide bonds. The molecule has 2 rings (SSSR count). The number of thioether (sulfide) groups is 1. The predicted molar refractivity (Wildman–Crippen MR) is 88.5 cm³/mol. The minimum atomic E-state index is -0.174. The van der Waals surface area contributed by atoms with E-state index >= 15 is 0 Å². The molecule has 6 heteroatoms. The van der Waals surface area contributed by atoms with Crippen molar-refractivity contribution in [3.63, 3.8) is 0 Å². The minimum Gasteiger partial charge on any atom is -0.281 e. The van der Waals surface area contributed by atoms with Gasteiger partial charge in [-0.25, -0.2) is 0 Å². The van der Waals surface area contributed by atoms with Crippen LogP contribution in [0.2, 0.25) is 20.1 Å². The van der Waals surface area contributed by atoms with Gasteiger partial charge >= 0.3 is 0 Å². The lowest BCUT2D eigenvalue weighted by atomic mass is 10.2. The molecule has 0 bridgehead atoms. The number of benzene rings is 2. The molecule has 0 atom stereocenters. The van der Waals surface area contributed by atoms with Gasteiger partial charge in [0.05, 0.1) is 25.7 Å². The predicted octanol–water partition coefficient (Wildman–Crippen LogP) is 6.37. The number of rotatable bonds is 3. The van der Waals surface area contributed by atoms with Crippen LogP contribution in [0, 0.1) is 0 Å². The smallest absolute Gasteiger partial charge is 0.222 e. The summed E-state index contributed by atoms with van der Waals surface area (Å²) in [5.41, 5.74) is 1.24. The van der Waals surface area contributed by atoms with E-state index in [1.54, 1.807) is 30.3 Å². The van der Waals surface area contributed by atoms with Gasteiger partial charge in [0.25, 0.3) is 0 Å². The number of carbonyl (C=O) groups excluding carboxylic acids is 1. The van der Waals surface area contributed by atoms with Gasteiger partial charge in [-0.3, -0.25) is 4.79 Å². The molecule has 0 saturated carbocycles. The van der Waals surface area contributed by atoms with Crippen molar-refractivity contribution < 1.29 is 4.79 Å². The SMILES string of the molecule is O=C(SCc1ccc(Cl)c(Cl)c1)c1c(Cl)cccc1Cl. The Morgan fingerprint density at radius 1 is 0.900 bits per heavy atom. The molecular weight excluding hydrogens is 358 g/mol. The van der Waals surface area contributed by atoms with Crippen LogP contribution in [0.15, 0.2) is 36.4 Å². The van der Waals surface area contributed by atoms with E-state index in [2.05, 4.69) is 0 Å². The van der Waals surface area contributed by atoms with Gasteiger partial charge in [0.15, 0.2) is 0 Å². The second kappa shape index (κ2) is 7.06. The lowest BCUT2D eigenvalue weighted by Crippen LogP contribution is -1.97. The Kier molecular flexibility index (Phi) is 5.65. The highest BCUT2D eigenvalue weighted by Crippen LogP contribution is 2.30.